The number of unbranched alkanes of at least 4 members (excludes halogenated alkanes) is 1. The number of rotatable bonds is 7. The lowest BCUT2D eigenvalue weighted by Gasteiger charge is -2.32. The molecule has 0 saturated carbocycles. The van der Waals surface area contributed by atoms with Crippen LogP contribution < -0.4 is 5.32 Å². The number of hydrogen-bond donors (Lipinski definition) is 1. The van der Waals surface area contributed by atoms with E-state index in [9.17, 15) is 18.0 Å². The number of aryl methyl sites for hydroxylation is 1. The van der Waals surface area contributed by atoms with Gasteiger partial charge < -0.3 is 15.0 Å². The summed E-state index contributed by atoms with van der Waals surface area (Å²) >= 11 is 0. The second-order valence-electron chi connectivity index (χ2n) is 8.01. The Balaban J connectivity index is 1.61. The monoisotopic (exact) mass is 458 g/mol. The van der Waals surface area contributed by atoms with Crippen molar-refractivity contribution in [3.8, 4) is 0 Å². The minimum atomic E-state index is -3.44. The maximum atomic E-state index is 12.9. The number of esters is 1. The van der Waals surface area contributed by atoms with Crippen LogP contribution in [0.25, 0.3) is 0 Å². The van der Waals surface area contributed by atoms with Gasteiger partial charge in [0.1, 0.15) is 0 Å². The molecule has 2 aromatic carbocycles. The smallest absolute Gasteiger partial charge is 0.340 e. The van der Waals surface area contributed by atoms with Gasteiger partial charge >= 0.3 is 12.0 Å². The van der Waals surface area contributed by atoms with Gasteiger partial charge in [0.2, 0.25) is 0 Å². The number of sulfone groups is 1. The van der Waals surface area contributed by atoms with E-state index in [2.05, 4.69) is 5.32 Å². The molecule has 3 rings (SSSR count). The fourth-order valence-electron chi connectivity index (χ4n) is 3.64. The van der Waals surface area contributed by atoms with Crippen LogP contribution in [-0.4, -0.2) is 50.3 Å². The molecule has 2 aromatic rings. The van der Waals surface area contributed by atoms with E-state index in [0.717, 1.165) is 18.4 Å². The molecule has 1 N–H and O–H groups in total. The van der Waals surface area contributed by atoms with Crippen LogP contribution in [0.4, 0.5) is 10.5 Å². The molecule has 0 aromatic heterocycles. The second kappa shape index (κ2) is 10.6. The molecule has 1 saturated heterocycles. The Bertz CT molecular complexity index is 1040. The van der Waals surface area contributed by atoms with Gasteiger partial charge in [-0.25, -0.2) is 18.0 Å². The number of hydrogen-bond acceptors (Lipinski definition) is 5. The Morgan fingerprint density at radius 2 is 1.72 bits per heavy atom. The summed E-state index contributed by atoms with van der Waals surface area (Å²) in [4.78, 5) is 27.0. The normalized spacial score (nSPS) is 14.8. The maximum Gasteiger partial charge on any atom is 0.340 e. The zero-order valence-corrected chi connectivity index (χ0v) is 19.4. The summed E-state index contributed by atoms with van der Waals surface area (Å²) < 4.78 is 31.1. The number of anilines is 1. The topological polar surface area (TPSA) is 92.8 Å². The van der Waals surface area contributed by atoms with Gasteiger partial charge in [-0.05, 0) is 50.5 Å². The van der Waals surface area contributed by atoms with E-state index >= 15 is 0 Å². The summed E-state index contributed by atoms with van der Waals surface area (Å²) in [5.74, 6) is -0.475. The number of likely N-dealkylation sites (tertiary alicyclic amines) is 1. The highest BCUT2D eigenvalue weighted by atomic mass is 32.2. The van der Waals surface area contributed by atoms with Crippen LogP contribution in [0, 0.1) is 6.92 Å². The largest absolute Gasteiger partial charge is 0.462 e. The molecular weight excluding hydrogens is 428 g/mol. The van der Waals surface area contributed by atoms with Crippen molar-refractivity contribution < 1.29 is 22.7 Å². The molecule has 0 radical (unpaired) electrons. The zero-order chi connectivity index (χ0) is 23.1. The first-order valence-corrected chi connectivity index (χ1v) is 12.5. The molecule has 1 aliphatic rings. The minimum Gasteiger partial charge on any atom is -0.462 e. The van der Waals surface area contributed by atoms with E-state index in [-0.39, 0.29) is 6.03 Å². The molecule has 0 aliphatic carbocycles. The fraction of sp³-hybridized carbons (Fsp3) is 0.417. The summed E-state index contributed by atoms with van der Waals surface area (Å²) in [5.41, 5.74) is 1.69. The van der Waals surface area contributed by atoms with Gasteiger partial charge in [0.15, 0.2) is 9.84 Å². The summed E-state index contributed by atoms with van der Waals surface area (Å²) in [6.07, 6.45) is 2.43. The average molecular weight is 459 g/mol. The van der Waals surface area contributed by atoms with Gasteiger partial charge in [-0.1, -0.05) is 43.2 Å². The van der Waals surface area contributed by atoms with E-state index in [1.165, 1.54) is 0 Å². The van der Waals surface area contributed by atoms with E-state index in [4.69, 9.17) is 4.74 Å². The van der Waals surface area contributed by atoms with Crippen molar-refractivity contribution in [3.05, 3.63) is 59.7 Å². The summed E-state index contributed by atoms with van der Waals surface area (Å²) in [7, 11) is -3.44. The molecule has 7 nitrogen and oxygen atoms in total. The van der Waals surface area contributed by atoms with Crippen LogP contribution in [0.3, 0.4) is 0 Å². The van der Waals surface area contributed by atoms with E-state index in [1.807, 2.05) is 13.8 Å². The van der Waals surface area contributed by atoms with Gasteiger partial charge in [0.05, 0.1) is 28.0 Å². The van der Waals surface area contributed by atoms with E-state index in [1.54, 1.807) is 53.4 Å². The lowest BCUT2D eigenvalue weighted by atomic mass is 10.1. The molecule has 172 valence electrons. The van der Waals surface area contributed by atoms with Gasteiger partial charge in [-0.2, -0.15) is 0 Å². The summed E-state index contributed by atoms with van der Waals surface area (Å²) in [6, 6.07) is 13.2. The van der Waals surface area contributed by atoms with E-state index < -0.39 is 21.1 Å². The molecule has 1 fully saturated rings. The lowest BCUT2D eigenvalue weighted by molar-refractivity contribution is 0.0501. The molecule has 8 heteroatoms. The molecule has 0 unspecified atom stereocenters. The number of nitrogens with one attached hydrogen (secondary N) is 1. The number of benzene rings is 2. The highest BCUT2D eigenvalue weighted by Gasteiger charge is 2.33. The quantitative estimate of drug-likeness (QED) is 0.490. The molecule has 1 aliphatic heterocycles. The average Bonchev–Trinajstić information content (AvgIpc) is 2.80. The maximum absolute atomic E-state index is 12.9. The lowest BCUT2D eigenvalue weighted by Crippen LogP contribution is -2.44. The first-order valence-electron chi connectivity index (χ1n) is 11.0. The zero-order valence-electron chi connectivity index (χ0n) is 18.5. The van der Waals surface area contributed by atoms with Crippen LogP contribution in [0.2, 0.25) is 0 Å². The number of ether oxygens (including phenoxy) is 1. The third kappa shape index (κ3) is 5.68. The van der Waals surface area contributed by atoms with Crippen LogP contribution >= 0.6 is 0 Å². The van der Waals surface area contributed by atoms with Crippen molar-refractivity contribution >= 4 is 27.5 Å². The predicted octanol–water partition coefficient (Wildman–Crippen LogP) is 4.42. The van der Waals surface area contributed by atoms with Crippen molar-refractivity contribution in [2.45, 2.75) is 49.7 Å². The van der Waals surface area contributed by atoms with Crippen LogP contribution in [0.1, 0.15) is 48.5 Å². The van der Waals surface area contributed by atoms with Crippen molar-refractivity contribution in [3.63, 3.8) is 0 Å². The van der Waals surface area contributed by atoms with Gasteiger partial charge in [-0.15, -0.1) is 0 Å². The molecule has 0 bridgehead atoms. The highest BCUT2D eigenvalue weighted by Crippen LogP contribution is 2.26. The van der Waals surface area contributed by atoms with Crippen molar-refractivity contribution in [2.24, 2.45) is 0 Å². The molecule has 2 amide bonds. The number of nitrogens with zero attached hydrogens (tertiary/aromatic N) is 1. The standard InChI is InChI=1S/C24H30N2O5S/c1-3-4-17-31-23(27)21-7-5-6-8-22(21)25-24(28)26-15-13-20(14-16-26)32(29,30)19-11-9-18(2)10-12-19/h5-12,20H,3-4,13-17H2,1-2H3,(H,25,28). The first-order chi connectivity index (χ1) is 15.3. The predicted molar refractivity (Wildman–Crippen MR) is 124 cm³/mol. The van der Waals surface area contributed by atoms with E-state index in [0.29, 0.717) is 48.7 Å². The third-order valence-electron chi connectivity index (χ3n) is 5.64. The number of amides is 2. The SMILES string of the molecule is CCCCOC(=O)c1ccccc1NC(=O)N1CCC(S(=O)(=O)c2ccc(C)cc2)CC1. The number of urea groups is 1. The van der Waals surface area contributed by atoms with Crippen LogP contribution in [0.15, 0.2) is 53.4 Å². The minimum absolute atomic E-state index is 0.300. The Morgan fingerprint density at radius 1 is 1.06 bits per heavy atom. The highest BCUT2D eigenvalue weighted by molar-refractivity contribution is 7.92. The Hall–Kier alpha value is -2.87. The van der Waals surface area contributed by atoms with Crippen LogP contribution in [-0.2, 0) is 14.6 Å². The summed E-state index contributed by atoms with van der Waals surface area (Å²) in [6.45, 7) is 4.91. The first kappa shape index (κ1) is 23.8. The van der Waals surface area contributed by atoms with Gasteiger partial charge in [0.25, 0.3) is 0 Å². The molecule has 1 heterocycles. The molecule has 0 atom stereocenters. The second-order valence-corrected chi connectivity index (χ2v) is 10.2. The molecule has 0 spiro atoms. The Labute approximate surface area is 189 Å². The number of piperidine rings is 1. The van der Waals surface area contributed by atoms with Gasteiger partial charge in [-0.3, -0.25) is 0 Å². The molecule has 32 heavy (non-hydrogen) atoms. The Kier molecular flexibility index (Phi) is 7.90. The third-order valence-corrected chi connectivity index (χ3v) is 7.92. The van der Waals surface area contributed by atoms with Crippen molar-refractivity contribution in [1.82, 2.24) is 4.90 Å². The fourth-order valence-corrected chi connectivity index (χ4v) is 5.37. The molecular formula is C24H30N2O5S. The Morgan fingerprint density at radius 3 is 2.38 bits per heavy atom. The van der Waals surface area contributed by atoms with Crippen molar-refractivity contribution in [2.75, 3.05) is 25.0 Å². The number of carbonyl (C=O) groups is 2. The van der Waals surface area contributed by atoms with Gasteiger partial charge in [0, 0.05) is 13.1 Å². The van der Waals surface area contributed by atoms with Crippen LogP contribution in [0.5, 0.6) is 0 Å². The number of carbonyl (C=O) groups excluding carboxylic acids is 2. The number of para-hydroxylation sites is 1. The summed E-state index contributed by atoms with van der Waals surface area (Å²) in [5, 5.41) is 2.26. The van der Waals surface area contributed by atoms with Crippen molar-refractivity contribution in [1.29, 1.82) is 0 Å².